The molecule has 2 unspecified atom stereocenters. The second-order valence-electron chi connectivity index (χ2n) is 7.04. The van der Waals surface area contributed by atoms with Crippen molar-refractivity contribution in [3.8, 4) is 11.5 Å². The summed E-state index contributed by atoms with van der Waals surface area (Å²) in [6.07, 6.45) is 8.61. The van der Waals surface area contributed by atoms with Crippen molar-refractivity contribution < 1.29 is 10.2 Å². The van der Waals surface area contributed by atoms with Crippen LogP contribution in [0.2, 0.25) is 0 Å². The lowest BCUT2D eigenvalue weighted by molar-refractivity contribution is 0.406. The molecule has 126 valence electrons. The van der Waals surface area contributed by atoms with Gasteiger partial charge in [0.25, 0.3) is 0 Å². The van der Waals surface area contributed by atoms with E-state index in [-0.39, 0.29) is 23.3 Å². The van der Waals surface area contributed by atoms with Gasteiger partial charge >= 0.3 is 0 Å². The van der Waals surface area contributed by atoms with Gasteiger partial charge in [-0.1, -0.05) is 43.6 Å². The highest BCUT2D eigenvalue weighted by molar-refractivity contribution is 5.51. The van der Waals surface area contributed by atoms with Crippen LogP contribution in [0.3, 0.4) is 0 Å². The van der Waals surface area contributed by atoms with Crippen LogP contribution < -0.4 is 0 Å². The fourth-order valence-corrected chi connectivity index (χ4v) is 3.65. The van der Waals surface area contributed by atoms with Crippen LogP contribution in [0.15, 0.2) is 35.9 Å². The minimum atomic E-state index is 0.0194. The number of phenols is 2. The lowest BCUT2D eigenvalue weighted by Crippen LogP contribution is -2.17. The lowest BCUT2D eigenvalue weighted by atomic mass is 9.74. The smallest absolute Gasteiger partial charge is 0.123 e. The van der Waals surface area contributed by atoms with Gasteiger partial charge < -0.3 is 10.2 Å². The van der Waals surface area contributed by atoms with E-state index >= 15 is 0 Å². The van der Waals surface area contributed by atoms with E-state index in [2.05, 4.69) is 26.5 Å². The van der Waals surface area contributed by atoms with E-state index in [4.69, 9.17) is 0 Å². The van der Waals surface area contributed by atoms with E-state index in [1.54, 1.807) is 0 Å². The monoisotopic (exact) mass is 315 g/mol. The van der Waals surface area contributed by atoms with Gasteiger partial charge in [0.05, 0.1) is 0 Å². The Kier molecular flexibility index (Phi) is 5.92. The minimum Gasteiger partial charge on any atom is -0.507 e. The summed E-state index contributed by atoms with van der Waals surface area (Å²) in [6.45, 7) is 10.4. The molecule has 0 heterocycles. The molecule has 0 saturated heterocycles. The molecule has 2 rings (SSSR count). The summed E-state index contributed by atoms with van der Waals surface area (Å²) in [5, 5.41) is 21.1. The molecular weight excluding hydrogens is 285 g/mol. The van der Waals surface area contributed by atoms with Gasteiger partial charge in [0.1, 0.15) is 11.5 Å². The molecule has 0 saturated carbocycles. The number of hydrogen-bond donors (Lipinski definition) is 2. The molecule has 2 atom stereocenters. The topological polar surface area (TPSA) is 40.5 Å². The molecule has 1 aliphatic carbocycles. The van der Waals surface area contributed by atoms with E-state index in [9.17, 15) is 10.2 Å². The fraction of sp³-hybridized carbons (Fsp3) is 0.524. The Morgan fingerprint density at radius 2 is 1.87 bits per heavy atom. The second kappa shape index (κ2) is 7.72. The van der Waals surface area contributed by atoms with E-state index in [0.29, 0.717) is 5.56 Å². The first-order chi connectivity index (χ1) is 10.9. The summed E-state index contributed by atoms with van der Waals surface area (Å²) in [4.78, 5) is 0. The van der Waals surface area contributed by atoms with Gasteiger partial charge in [0.15, 0.2) is 0 Å². The van der Waals surface area contributed by atoms with Gasteiger partial charge in [-0.2, -0.15) is 0 Å². The molecule has 0 fully saturated rings. The number of benzene rings is 1. The summed E-state index contributed by atoms with van der Waals surface area (Å²) in [6, 6.07) is 3.66. The first-order valence-corrected chi connectivity index (χ1v) is 8.81. The molecule has 1 aliphatic rings. The third kappa shape index (κ3) is 4.19. The van der Waals surface area contributed by atoms with Gasteiger partial charge in [-0.25, -0.2) is 0 Å². The Morgan fingerprint density at radius 1 is 1.22 bits per heavy atom. The summed E-state index contributed by atoms with van der Waals surface area (Å²) in [5.74, 6) is 0.741. The van der Waals surface area contributed by atoms with E-state index in [1.165, 1.54) is 18.4 Å². The molecule has 2 heteroatoms. The number of unbranched alkanes of at least 4 members (excludes halogenated alkanes) is 2. The molecule has 2 N–H and O–H groups in total. The lowest BCUT2D eigenvalue weighted by Gasteiger charge is -2.31. The molecule has 2 nitrogen and oxygen atoms in total. The quantitative estimate of drug-likeness (QED) is 0.393. The molecule has 0 amide bonds. The second-order valence-corrected chi connectivity index (χ2v) is 7.04. The summed E-state index contributed by atoms with van der Waals surface area (Å²) in [5.41, 5.74) is 4.11. The molecular formula is C21H30O2. The Bertz CT molecular complexity index is 575. The largest absolute Gasteiger partial charge is 0.507 e. The Hall–Kier alpha value is -1.70. The Labute approximate surface area is 140 Å². The van der Waals surface area contributed by atoms with Crippen LogP contribution in [0.25, 0.3) is 0 Å². The van der Waals surface area contributed by atoms with Crippen molar-refractivity contribution in [2.24, 2.45) is 5.92 Å². The zero-order valence-electron chi connectivity index (χ0n) is 14.7. The van der Waals surface area contributed by atoms with Gasteiger partial charge in [-0.05, 0) is 63.1 Å². The van der Waals surface area contributed by atoms with Crippen molar-refractivity contribution >= 4 is 0 Å². The van der Waals surface area contributed by atoms with Crippen LogP contribution in [0.1, 0.15) is 69.9 Å². The summed E-state index contributed by atoms with van der Waals surface area (Å²) in [7, 11) is 0. The maximum atomic E-state index is 10.5. The molecule has 23 heavy (non-hydrogen) atoms. The zero-order chi connectivity index (χ0) is 17.0. The molecule has 1 aromatic carbocycles. The number of aromatic hydroxyl groups is 2. The fourth-order valence-electron chi connectivity index (χ4n) is 3.65. The zero-order valence-corrected chi connectivity index (χ0v) is 14.7. The standard InChI is InChI=1S/C21H30O2/c1-5-6-7-8-16-12-19(22)21(20(23)13-16)18-11-15(4)9-10-17(18)14(2)3/h11-13,17-18,22-23H,2,5-10H2,1,3-4H3/i4+1. The van der Waals surface area contributed by atoms with Gasteiger partial charge in [-0.15, -0.1) is 0 Å². The average molecular weight is 315 g/mol. The molecule has 0 spiro atoms. The van der Waals surface area contributed by atoms with E-state index < -0.39 is 0 Å². The summed E-state index contributed by atoms with van der Waals surface area (Å²) >= 11 is 0. The molecule has 1 aromatic rings. The number of allylic oxidation sites excluding steroid dienone is 3. The van der Waals surface area contributed by atoms with Crippen molar-refractivity contribution in [3.63, 3.8) is 0 Å². The predicted octanol–water partition coefficient (Wildman–Crippen LogP) is 5.85. The first kappa shape index (κ1) is 17.7. The average Bonchev–Trinajstić information content (AvgIpc) is 2.46. The maximum Gasteiger partial charge on any atom is 0.123 e. The number of aryl methyl sites for hydroxylation is 1. The summed E-state index contributed by atoms with van der Waals surface area (Å²) < 4.78 is 0. The van der Waals surface area contributed by atoms with E-state index in [0.717, 1.165) is 36.8 Å². The molecule has 0 aliphatic heterocycles. The van der Waals surface area contributed by atoms with Crippen molar-refractivity contribution in [1.29, 1.82) is 0 Å². The maximum absolute atomic E-state index is 10.5. The Morgan fingerprint density at radius 3 is 2.43 bits per heavy atom. The van der Waals surface area contributed by atoms with E-state index in [1.807, 2.05) is 19.1 Å². The molecule has 0 aromatic heterocycles. The third-order valence-electron chi connectivity index (χ3n) is 4.98. The predicted molar refractivity (Wildman–Crippen MR) is 97.0 cm³/mol. The van der Waals surface area contributed by atoms with Gasteiger partial charge in [0.2, 0.25) is 0 Å². The van der Waals surface area contributed by atoms with Crippen molar-refractivity contribution in [2.75, 3.05) is 0 Å². The molecule has 0 radical (unpaired) electrons. The highest BCUT2D eigenvalue weighted by Crippen LogP contribution is 2.46. The van der Waals surface area contributed by atoms with Crippen LogP contribution in [-0.2, 0) is 6.42 Å². The van der Waals surface area contributed by atoms with Crippen molar-refractivity contribution in [1.82, 2.24) is 0 Å². The highest BCUT2D eigenvalue weighted by Gasteiger charge is 2.29. The number of hydrogen-bond acceptors (Lipinski definition) is 2. The SMILES string of the molecule is C=C(C)C1CCC([13CH3])=CC1c1c(O)cc(CCCCC)cc1O. The van der Waals surface area contributed by atoms with Crippen LogP contribution in [0.5, 0.6) is 11.5 Å². The number of phenolic OH excluding ortho intramolecular Hbond substituents is 2. The number of rotatable bonds is 6. The van der Waals surface area contributed by atoms with Gasteiger partial charge in [0, 0.05) is 11.5 Å². The molecule has 0 bridgehead atoms. The Balaban J connectivity index is 2.34. The van der Waals surface area contributed by atoms with Crippen LogP contribution >= 0.6 is 0 Å². The third-order valence-corrected chi connectivity index (χ3v) is 4.98. The van der Waals surface area contributed by atoms with Crippen LogP contribution in [-0.4, -0.2) is 10.2 Å². The first-order valence-electron chi connectivity index (χ1n) is 8.81. The highest BCUT2D eigenvalue weighted by atomic mass is 16.3. The minimum absolute atomic E-state index is 0.0194. The van der Waals surface area contributed by atoms with Gasteiger partial charge in [-0.3, -0.25) is 0 Å². The van der Waals surface area contributed by atoms with Crippen LogP contribution in [0, 0.1) is 5.92 Å². The van der Waals surface area contributed by atoms with Crippen molar-refractivity contribution in [3.05, 3.63) is 47.1 Å². The van der Waals surface area contributed by atoms with Crippen LogP contribution in [0.4, 0.5) is 0 Å². The normalized spacial score (nSPS) is 21.1. The van der Waals surface area contributed by atoms with Crippen molar-refractivity contribution in [2.45, 2.75) is 65.2 Å².